The maximum atomic E-state index is 12.4. The summed E-state index contributed by atoms with van der Waals surface area (Å²) in [4.78, 5) is 16.8. The maximum Gasteiger partial charge on any atom is 0.265 e. The predicted octanol–water partition coefficient (Wildman–Crippen LogP) is 2.20. The van der Waals surface area contributed by atoms with Gasteiger partial charge in [-0.15, -0.1) is 0 Å². The number of pyridine rings is 1. The Labute approximate surface area is 138 Å². The smallest absolute Gasteiger partial charge is 0.265 e. The second kappa shape index (κ2) is 5.72. The van der Waals surface area contributed by atoms with Gasteiger partial charge in [-0.25, -0.2) is 18.1 Å². The molecule has 7 nitrogen and oxygen atoms in total. The van der Waals surface area contributed by atoms with E-state index in [0.29, 0.717) is 16.8 Å². The van der Waals surface area contributed by atoms with E-state index in [-0.39, 0.29) is 11.3 Å². The second-order valence-corrected chi connectivity index (χ2v) is 7.32. The monoisotopic (exact) mass is 345 g/mol. The molecule has 0 aliphatic carbocycles. The molecule has 3 aromatic rings. The van der Waals surface area contributed by atoms with Crippen molar-refractivity contribution in [2.45, 2.75) is 13.8 Å². The topological polar surface area (TPSA) is 102 Å². The van der Waals surface area contributed by atoms with Gasteiger partial charge in [0.2, 0.25) is 10.0 Å². The normalized spacial score (nSPS) is 11.6. The Balaban J connectivity index is 2.20. The molecule has 124 valence electrons. The number of nitrogens with zero attached hydrogens (tertiary/aromatic N) is 2. The summed E-state index contributed by atoms with van der Waals surface area (Å²) in [5.41, 5.74) is 3.17. The quantitative estimate of drug-likeness (QED) is 0.781. The van der Waals surface area contributed by atoms with Crippen molar-refractivity contribution in [3.8, 4) is 11.3 Å². The molecule has 0 spiro atoms. The summed E-state index contributed by atoms with van der Waals surface area (Å²) in [6.07, 6.45) is 0.921. The van der Waals surface area contributed by atoms with Crippen LogP contribution in [0, 0.1) is 13.8 Å². The van der Waals surface area contributed by atoms with Gasteiger partial charge >= 0.3 is 0 Å². The second-order valence-electron chi connectivity index (χ2n) is 5.57. The summed E-state index contributed by atoms with van der Waals surface area (Å²) in [5.74, 6) is -0.746. The lowest BCUT2D eigenvalue weighted by Crippen LogP contribution is -2.29. The molecule has 0 fully saturated rings. The van der Waals surface area contributed by atoms with E-state index in [1.165, 1.54) is 6.07 Å². The average Bonchev–Trinajstić information content (AvgIpc) is 2.87. The first-order chi connectivity index (χ1) is 11.2. The van der Waals surface area contributed by atoms with E-state index in [1.807, 2.05) is 35.9 Å². The molecule has 1 aromatic carbocycles. The van der Waals surface area contributed by atoms with Crippen LogP contribution < -0.4 is 4.72 Å². The molecule has 0 bridgehead atoms. The number of aryl methyl sites for hydroxylation is 2. The standard InChI is InChI=1S/C16H15N3O4S/c1-9-4-6-11(7-5-9)13-8-12(15(20)19-24(3,21)22)14-10(2)18-23-16(14)17-13/h4-8H,1-3H3,(H,19,20). The number of aromatic nitrogens is 2. The number of sulfonamides is 1. The molecule has 1 N–H and O–H groups in total. The van der Waals surface area contributed by atoms with E-state index < -0.39 is 15.9 Å². The number of hydrogen-bond acceptors (Lipinski definition) is 6. The van der Waals surface area contributed by atoms with Crippen LogP contribution in [-0.2, 0) is 10.0 Å². The van der Waals surface area contributed by atoms with E-state index in [1.54, 1.807) is 6.92 Å². The zero-order chi connectivity index (χ0) is 17.5. The Morgan fingerprint density at radius 1 is 1.17 bits per heavy atom. The zero-order valence-electron chi connectivity index (χ0n) is 13.3. The van der Waals surface area contributed by atoms with Gasteiger partial charge in [0.25, 0.3) is 11.6 Å². The van der Waals surface area contributed by atoms with Crippen LogP contribution in [0.1, 0.15) is 21.6 Å². The number of benzene rings is 1. The number of nitrogens with one attached hydrogen (secondary N) is 1. The van der Waals surface area contributed by atoms with Crippen LogP contribution in [0.3, 0.4) is 0 Å². The van der Waals surface area contributed by atoms with E-state index in [0.717, 1.165) is 17.4 Å². The van der Waals surface area contributed by atoms with Crippen molar-refractivity contribution in [2.24, 2.45) is 0 Å². The van der Waals surface area contributed by atoms with Crippen LogP contribution in [0.5, 0.6) is 0 Å². The van der Waals surface area contributed by atoms with Gasteiger partial charge in [-0.3, -0.25) is 4.79 Å². The molecule has 2 heterocycles. The fraction of sp³-hybridized carbons (Fsp3) is 0.188. The van der Waals surface area contributed by atoms with E-state index in [4.69, 9.17) is 4.52 Å². The van der Waals surface area contributed by atoms with Gasteiger partial charge in [-0.1, -0.05) is 35.0 Å². The van der Waals surface area contributed by atoms with Gasteiger partial charge in [-0.05, 0) is 19.9 Å². The lowest BCUT2D eigenvalue weighted by atomic mass is 10.0. The third-order valence-electron chi connectivity index (χ3n) is 3.49. The van der Waals surface area contributed by atoms with Gasteiger partial charge in [-0.2, -0.15) is 0 Å². The van der Waals surface area contributed by atoms with E-state index in [2.05, 4.69) is 10.1 Å². The zero-order valence-corrected chi connectivity index (χ0v) is 14.1. The van der Waals surface area contributed by atoms with Gasteiger partial charge < -0.3 is 4.52 Å². The molecule has 0 aliphatic heterocycles. The third-order valence-corrected chi connectivity index (χ3v) is 4.04. The molecule has 0 atom stereocenters. The minimum Gasteiger partial charge on any atom is -0.335 e. The van der Waals surface area contributed by atoms with Crippen molar-refractivity contribution in [3.63, 3.8) is 0 Å². The highest BCUT2D eigenvalue weighted by Gasteiger charge is 2.21. The Bertz CT molecular complexity index is 1040. The number of fused-ring (bicyclic) bond motifs is 1. The summed E-state index contributed by atoms with van der Waals surface area (Å²) >= 11 is 0. The minimum absolute atomic E-state index is 0.153. The summed E-state index contributed by atoms with van der Waals surface area (Å²) in [5, 5.41) is 4.21. The highest BCUT2D eigenvalue weighted by Crippen LogP contribution is 2.27. The number of amides is 1. The summed E-state index contributed by atoms with van der Waals surface area (Å²) in [6, 6.07) is 9.11. The first kappa shape index (κ1) is 16.1. The van der Waals surface area contributed by atoms with Crippen molar-refractivity contribution < 1.29 is 17.7 Å². The summed E-state index contributed by atoms with van der Waals surface area (Å²) in [7, 11) is -3.69. The van der Waals surface area contributed by atoms with Crippen molar-refractivity contribution in [3.05, 3.63) is 47.2 Å². The number of hydrogen-bond donors (Lipinski definition) is 1. The number of carbonyl (C=O) groups is 1. The van der Waals surface area contributed by atoms with Gasteiger partial charge in [0, 0.05) is 5.56 Å². The minimum atomic E-state index is -3.69. The highest BCUT2D eigenvalue weighted by atomic mass is 32.2. The molecule has 8 heteroatoms. The van der Waals surface area contributed by atoms with Crippen molar-refractivity contribution in [1.29, 1.82) is 0 Å². The van der Waals surface area contributed by atoms with Crippen LogP contribution in [0.15, 0.2) is 34.9 Å². The summed E-state index contributed by atoms with van der Waals surface area (Å²) in [6.45, 7) is 3.63. The number of rotatable bonds is 3. The Kier molecular flexibility index (Phi) is 3.84. The Morgan fingerprint density at radius 2 is 1.83 bits per heavy atom. The van der Waals surface area contributed by atoms with E-state index in [9.17, 15) is 13.2 Å². The van der Waals surface area contributed by atoms with Crippen LogP contribution in [0.25, 0.3) is 22.4 Å². The SMILES string of the molecule is Cc1ccc(-c2cc(C(=O)NS(C)(=O)=O)c3c(C)noc3n2)cc1. The molecule has 0 saturated carbocycles. The Hall–Kier alpha value is -2.74. The van der Waals surface area contributed by atoms with Crippen molar-refractivity contribution >= 4 is 27.0 Å². The van der Waals surface area contributed by atoms with Crippen LogP contribution in [0.2, 0.25) is 0 Å². The van der Waals surface area contributed by atoms with Crippen LogP contribution in [0.4, 0.5) is 0 Å². The third kappa shape index (κ3) is 3.13. The lowest BCUT2D eigenvalue weighted by Gasteiger charge is -2.07. The van der Waals surface area contributed by atoms with Crippen molar-refractivity contribution in [2.75, 3.05) is 6.26 Å². The van der Waals surface area contributed by atoms with Crippen LogP contribution in [-0.4, -0.2) is 30.7 Å². The molecule has 0 radical (unpaired) electrons. The molecular formula is C16H15N3O4S. The molecule has 0 unspecified atom stereocenters. The fourth-order valence-corrected chi connectivity index (χ4v) is 2.82. The maximum absolute atomic E-state index is 12.4. The molecule has 24 heavy (non-hydrogen) atoms. The summed E-state index contributed by atoms with van der Waals surface area (Å²) < 4.78 is 29.9. The van der Waals surface area contributed by atoms with Gasteiger partial charge in [0.15, 0.2) is 0 Å². The predicted molar refractivity (Wildman–Crippen MR) is 89.0 cm³/mol. The first-order valence-electron chi connectivity index (χ1n) is 7.11. The highest BCUT2D eigenvalue weighted by molar-refractivity contribution is 7.89. The van der Waals surface area contributed by atoms with Crippen LogP contribution >= 0.6 is 0 Å². The molecule has 2 aromatic heterocycles. The molecule has 0 aliphatic rings. The first-order valence-corrected chi connectivity index (χ1v) is 9.00. The molecule has 3 rings (SSSR count). The van der Waals surface area contributed by atoms with Crippen molar-refractivity contribution in [1.82, 2.24) is 14.9 Å². The molecule has 1 amide bonds. The van der Waals surface area contributed by atoms with E-state index >= 15 is 0 Å². The van der Waals surface area contributed by atoms with Gasteiger partial charge in [0.1, 0.15) is 0 Å². The average molecular weight is 345 g/mol. The largest absolute Gasteiger partial charge is 0.335 e. The Morgan fingerprint density at radius 3 is 2.46 bits per heavy atom. The fourth-order valence-electron chi connectivity index (χ4n) is 2.37. The van der Waals surface area contributed by atoms with Gasteiger partial charge in [0.05, 0.1) is 28.6 Å². The molecule has 0 saturated heterocycles. The lowest BCUT2D eigenvalue weighted by molar-refractivity contribution is 0.0983. The molecular weight excluding hydrogens is 330 g/mol. The number of carbonyl (C=O) groups excluding carboxylic acids is 1.